The van der Waals surface area contributed by atoms with E-state index < -0.39 is 0 Å². The Morgan fingerprint density at radius 1 is 1.19 bits per heavy atom. The summed E-state index contributed by atoms with van der Waals surface area (Å²) in [4.78, 5) is 12.7. The highest BCUT2D eigenvalue weighted by atomic mass is 16.5. The van der Waals surface area contributed by atoms with E-state index in [1.54, 1.807) is 26.7 Å². The molecule has 0 amide bonds. The summed E-state index contributed by atoms with van der Waals surface area (Å²) in [6.07, 6.45) is 4.83. The summed E-state index contributed by atoms with van der Waals surface area (Å²) in [7, 11) is 3.23. The molecule has 1 aromatic carbocycles. The number of ether oxygens (including phenoxy) is 2. The predicted molar refractivity (Wildman–Crippen MR) is 101 cm³/mol. The molecule has 1 unspecified atom stereocenters. The molecule has 0 saturated carbocycles. The van der Waals surface area contributed by atoms with E-state index in [1.807, 2.05) is 22.8 Å². The van der Waals surface area contributed by atoms with Crippen LogP contribution in [-0.4, -0.2) is 58.5 Å². The number of benzene rings is 1. The molecule has 144 valence electrons. The van der Waals surface area contributed by atoms with Crippen LogP contribution >= 0.6 is 0 Å². The molecule has 1 atom stereocenters. The predicted octanol–water partition coefficient (Wildman–Crippen LogP) is 0.714. The van der Waals surface area contributed by atoms with Crippen molar-refractivity contribution >= 4 is 11.2 Å². The summed E-state index contributed by atoms with van der Waals surface area (Å²) in [5, 5.41) is 15.8. The van der Waals surface area contributed by atoms with Gasteiger partial charge in [-0.25, -0.2) is 15.0 Å². The SMILES string of the molecule is COc1ccc(CNC(CNCCO)n2cnc3cncnc32)cc1OC. The van der Waals surface area contributed by atoms with Gasteiger partial charge in [-0.3, -0.25) is 9.88 Å². The molecule has 27 heavy (non-hydrogen) atoms. The Balaban J connectivity index is 1.78. The van der Waals surface area contributed by atoms with Crippen molar-refractivity contribution in [2.75, 3.05) is 33.9 Å². The second-order valence-electron chi connectivity index (χ2n) is 5.90. The van der Waals surface area contributed by atoms with E-state index in [0.29, 0.717) is 31.1 Å². The summed E-state index contributed by atoms with van der Waals surface area (Å²) in [6, 6.07) is 5.81. The fraction of sp³-hybridized carbons (Fsp3) is 0.389. The van der Waals surface area contributed by atoms with Gasteiger partial charge in [-0.2, -0.15) is 0 Å². The van der Waals surface area contributed by atoms with Crippen LogP contribution in [0.3, 0.4) is 0 Å². The van der Waals surface area contributed by atoms with Crippen LogP contribution in [-0.2, 0) is 6.54 Å². The number of aromatic nitrogens is 4. The van der Waals surface area contributed by atoms with Gasteiger partial charge in [-0.1, -0.05) is 6.07 Å². The Bertz CT molecular complexity index is 869. The molecular weight excluding hydrogens is 348 g/mol. The Hall–Kier alpha value is -2.75. The van der Waals surface area contributed by atoms with Crippen LogP contribution in [0.5, 0.6) is 11.5 Å². The van der Waals surface area contributed by atoms with E-state index in [0.717, 1.165) is 16.7 Å². The Morgan fingerprint density at radius 3 is 2.81 bits per heavy atom. The van der Waals surface area contributed by atoms with Crippen LogP contribution < -0.4 is 20.1 Å². The normalized spacial score (nSPS) is 12.3. The van der Waals surface area contributed by atoms with Crippen LogP contribution in [0.25, 0.3) is 11.2 Å². The van der Waals surface area contributed by atoms with Gasteiger partial charge in [-0.15, -0.1) is 0 Å². The third-order valence-corrected chi connectivity index (χ3v) is 4.19. The van der Waals surface area contributed by atoms with Crippen LogP contribution in [0, 0.1) is 0 Å². The molecule has 2 aromatic heterocycles. The summed E-state index contributed by atoms with van der Waals surface area (Å²) < 4.78 is 12.6. The molecule has 9 nitrogen and oxygen atoms in total. The quantitative estimate of drug-likeness (QED) is 0.447. The van der Waals surface area contributed by atoms with Crippen LogP contribution in [0.2, 0.25) is 0 Å². The van der Waals surface area contributed by atoms with Crippen LogP contribution in [0.15, 0.2) is 37.1 Å². The number of imidazole rings is 1. The maximum Gasteiger partial charge on any atom is 0.164 e. The first kappa shape index (κ1) is 19.0. The number of nitrogens with zero attached hydrogens (tertiary/aromatic N) is 4. The zero-order chi connectivity index (χ0) is 19.1. The average molecular weight is 372 g/mol. The minimum atomic E-state index is -0.107. The number of hydrogen-bond donors (Lipinski definition) is 3. The monoisotopic (exact) mass is 372 g/mol. The smallest absolute Gasteiger partial charge is 0.164 e. The number of hydrogen-bond acceptors (Lipinski definition) is 8. The lowest BCUT2D eigenvalue weighted by molar-refractivity contribution is 0.283. The van der Waals surface area contributed by atoms with Gasteiger partial charge in [0.05, 0.1) is 39.5 Å². The molecule has 0 aliphatic rings. The van der Waals surface area contributed by atoms with Gasteiger partial charge in [0.15, 0.2) is 17.1 Å². The van der Waals surface area contributed by atoms with Crippen molar-refractivity contribution in [3.8, 4) is 11.5 Å². The Kier molecular flexibility index (Phi) is 6.53. The van der Waals surface area contributed by atoms with Gasteiger partial charge < -0.3 is 19.9 Å². The van der Waals surface area contributed by atoms with Gasteiger partial charge in [-0.05, 0) is 17.7 Å². The molecule has 0 radical (unpaired) electrons. The number of fused-ring (bicyclic) bond motifs is 1. The van der Waals surface area contributed by atoms with Crippen molar-refractivity contribution in [2.24, 2.45) is 0 Å². The standard InChI is InChI=1S/C18H24N6O3/c1-26-15-4-3-13(7-16(15)27-2)8-21-17(10-19-5-6-25)24-12-23-14-9-20-11-22-18(14)24/h3-4,7,9,11-12,17,19,21,25H,5-6,8,10H2,1-2H3. The first-order chi connectivity index (χ1) is 13.3. The lowest BCUT2D eigenvalue weighted by Gasteiger charge is -2.21. The molecule has 0 fully saturated rings. The summed E-state index contributed by atoms with van der Waals surface area (Å²) in [6.45, 7) is 1.80. The highest BCUT2D eigenvalue weighted by molar-refractivity contribution is 5.69. The molecule has 0 saturated heterocycles. The summed E-state index contributed by atoms with van der Waals surface area (Å²) in [5.41, 5.74) is 2.54. The van der Waals surface area contributed by atoms with Crippen LogP contribution in [0.1, 0.15) is 11.7 Å². The molecular formula is C18H24N6O3. The largest absolute Gasteiger partial charge is 0.493 e. The second-order valence-corrected chi connectivity index (χ2v) is 5.90. The maximum absolute atomic E-state index is 9.05. The zero-order valence-electron chi connectivity index (χ0n) is 15.4. The topological polar surface area (TPSA) is 106 Å². The summed E-state index contributed by atoms with van der Waals surface area (Å²) >= 11 is 0. The van der Waals surface area contributed by atoms with Gasteiger partial charge in [0, 0.05) is 19.6 Å². The van der Waals surface area contributed by atoms with Crippen molar-refractivity contribution in [3.63, 3.8) is 0 Å². The fourth-order valence-electron chi connectivity index (χ4n) is 2.83. The van der Waals surface area contributed by atoms with E-state index >= 15 is 0 Å². The Labute approximate surface area is 157 Å². The van der Waals surface area contributed by atoms with Gasteiger partial charge in [0.1, 0.15) is 11.8 Å². The van der Waals surface area contributed by atoms with Gasteiger partial charge in [0.25, 0.3) is 0 Å². The molecule has 0 aliphatic heterocycles. The number of methoxy groups -OCH3 is 2. The third-order valence-electron chi connectivity index (χ3n) is 4.19. The van der Waals surface area contributed by atoms with Gasteiger partial charge in [0.2, 0.25) is 0 Å². The number of rotatable bonds is 10. The van der Waals surface area contributed by atoms with Crippen molar-refractivity contribution in [1.29, 1.82) is 0 Å². The molecule has 3 rings (SSSR count). The minimum absolute atomic E-state index is 0.0786. The first-order valence-corrected chi connectivity index (χ1v) is 8.65. The molecule has 3 N–H and O–H groups in total. The Morgan fingerprint density at radius 2 is 2.04 bits per heavy atom. The van der Waals surface area contributed by atoms with E-state index in [4.69, 9.17) is 14.6 Å². The van der Waals surface area contributed by atoms with Crippen molar-refractivity contribution < 1.29 is 14.6 Å². The lowest BCUT2D eigenvalue weighted by atomic mass is 10.2. The van der Waals surface area contributed by atoms with Crippen molar-refractivity contribution in [2.45, 2.75) is 12.7 Å². The van der Waals surface area contributed by atoms with E-state index in [9.17, 15) is 0 Å². The molecule has 0 aliphatic carbocycles. The highest BCUT2D eigenvalue weighted by Crippen LogP contribution is 2.27. The van der Waals surface area contributed by atoms with E-state index in [1.165, 1.54) is 6.33 Å². The minimum Gasteiger partial charge on any atom is -0.493 e. The number of aliphatic hydroxyl groups excluding tert-OH is 1. The first-order valence-electron chi connectivity index (χ1n) is 8.65. The summed E-state index contributed by atoms with van der Waals surface area (Å²) in [5.74, 6) is 1.38. The second kappa shape index (κ2) is 9.26. The van der Waals surface area contributed by atoms with Crippen LogP contribution in [0.4, 0.5) is 0 Å². The van der Waals surface area contributed by atoms with Crippen molar-refractivity contribution in [3.05, 3.63) is 42.6 Å². The number of aliphatic hydroxyl groups is 1. The fourth-order valence-corrected chi connectivity index (χ4v) is 2.83. The zero-order valence-corrected chi connectivity index (χ0v) is 15.4. The molecule has 3 aromatic rings. The maximum atomic E-state index is 9.05. The van der Waals surface area contributed by atoms with E-state index in [2.05, 4.69) is 25.6 Å². The molecule has 0 bridgehead atoms. The number of nitrogens with one attached hydrogen (secondary N) is 2. The van der Waals surface area contributed by atoms with E-state index in [-0.39, 0.29) is 12.8 Å². The molecule has 0 spiro atoms. The van der Waals surface area contributed by atoms with Crippen molar-refractivity contribution in [1.82, 2.24) is 30.2 Å². The highest BCUT2D eigenvalue weighted by Gasteiger charge is 2.15. The molecule has 9 heteroatoms. The molecule has 2 heterocycles. The lowest BCUT2D eigenvalue weighted by Crippen LogP contribution is -2.36. The average Bonchev–Trinajstić information content (AvgIpc) is 3.14. The van der Waals surface area contributed by atoms with Gasteiger partial charge >= 0.3 is 0 Å². The third kappa shape index (κ3) is 4.51.